The zero-order valence-corrected chi connectivity index (χ0v) is 18.7. The summed E-state index contributed by atoms with van der Waals surface area (Å²) in [6.07, 6.45) is 7.13. The van der Waals surface area contributed by atoms with E-state index in [9.17, 15) is 0 Å². The first-order valence-electron chi connectivity index (χ1n) is 11.9. The molecule has 156 valence electrons. The van der Waals surface area contributed by atoms with E-state index in [1.165, 1.54) is 71.3 Å². The lowest BCUT2D eigenvalue weighted by Gasteiger charge is -2.20. The van der Waals surface area contributed by atoms with Gasteiger partial charge >= 0.3 is 0 Å². The summed E-state index contributed by atoms with van der Waals surface area (Å²) in [5.74, 6) is 0. The Morgan fingerprint density at radius 1 is 0.485 bits per heavy atom. The SMILES string of the molecule is Cc1ccc2c3c(cccc13)-c1c-2c(-c2ccccc2)c2c(c1-c1ccccc1)=CCCC=2. The molecule has 0 saturated carbocycles. The Kier molecular flexibility index (Phi) is 3.98. The summed E-state index contributed by atoms with van der Waals surface area (Å²) in [6.45, 7) is 2.23. The van der Waals surface area contributed by atoms with Crippen molar-refractivity contribution in [3.63, 3.8) is 0 Å². The van der Waals surface area contributed by atoms with Crippen molar-refractivity contribution in [3.05, 3.63) is 107 Å². The highest BCUT2D eigenvalue weighted by molar-refractivity contribution is 6.21. The summed E-state index contributed by atoms with van der Waals surface area (Å²) in [4.78, 5) is 0. The van der Waals surface area contributed by atoms with E-state index in [1.54, 1.807) is 0 Å². The minimum Gasteiger partial charge on any atom is -0.0757 e. The average molecular weight is 421 g/mol. The molecular formula is C33H24. The molecule has 0 atom stereocenters. The fourth-order valence-corrected chi connectivity index (χ4v) is 5.99. The second kappa shape index (κ2) is 7.05. The summed E-state index contributed by atoms with van der Waals surface area (Å²) in [6, 6.07) is 33.5. The molecule has 0 fully saturated rings. The van der Waals surface area contributed by atoms with E-state index in [2.05, 4.69) is 110 Å². The summed E-state index contributed by atoms with van der Waals surface area (Å²) in [5.41, 5.74) is 12.3. The Labute approximate surface area is 194 Å². The molecule has 0 saturated heterocycles. The molecule has 0 unspecified atom stereocenters. The van der Waals surface area contributed by atoms with Crippen LogP contribution in [0.2, 0.25) is 0 Å². The smallest absolute Gasteiger partial charge is 0.000753 e. The lowest BCUT2D eigenvalue weighted by molar-refractivity contribution is 1.12. The van der Waals surface area contributed by atoms with Gasteiger partial charge in [0.25, 0.3) is 0 Å². The third-order valence-corrected chi connectivity index (χ3v) is 7.36. The van der Waals surface area contributed by atoms with Crippen LogP contribution in [0.25, 0.3) is 67.4 Å². The first-order chi connectivity index (χ1) is 16.3. The third kappa shape index (κ3) is 2.58. The van der Waals surface area contributed by atoms with Crippen LogP contribution in [0.5, 0.6) is 0 Å². The monoisotopic (exact) mass is 420 g/mol. The summed E-state index contributed by atoms with van der Waals surface area (Å²) < 4.78 is 0. The van der Waals surface area contributed by atoms with Crippen LogP contribution in [0.15, 0.2) is 91.0 Å². The first-order valence-corrected chi connectivity index (χ1v) is 11.9. The van der Waals surface area contributed by atoms with Crippen LogP contribution in [-0.2, 0) is 0 Å². The van der Waals surface area contributed by atoms with Crippen LogP contribution in [-0.4, -0.2) is 0 Å². The van der Waals surface area contributed by atoms with Gasteiger partial charge in [0.2, 0.25) is 0 Å². The highest BCUT2D eigenvalue weighted by atomic mass is 14.3. The van der Waals surface area contributed by atoms with Crippen LogP contribution in [0.4, 0.5) is 0 Å². The minimum absolute atomic E-state index is 1.09. The van der Waals surface area contributed by atoms with E-state index >= 15 is 0 Å². The fraction of sp³-hybridized carbons (Fsp3) is 0.0909. The Hall–Kier alpha value is -3.90. The van der Waals surface area contributed by atoms with Gasteiger partial charge in [0, 0.05) is 0 Å². The molecule has 0 aromatic heterocycles. The van der Waals surface area contributed by atoms with Crippen molar-refractivity contribution in [2.24, 2.45) is 0 Å². The highest BCUT2D eigenvalue weighted by Gasteiger charge is 2.30. The Morgan fingerprint density at radius 3 is 1.61 bits per heavy atom. The van der Waals surface area contributed by atoms with E-state index in [0.717, 1.165) is 12.8 Å². The Balaban J connectivity index is 1.78. The number of rotatable bonds is 2. The molecule has 2 aliphatic rings. The van der Waals surface area contributed by atoms with Gasteiger partial charge in [-0.05, 0) is 91.0 Å². The summed E-state index contributed by atoms with van der Waals surface area (Å²) in [7, 11) is 0. The van der Waals surface area contributed by atoms with Crippen molar-refractivity contribution in [1.29, 1.82) is 0 Å². The van der Waals surface area contributed by atoms with E-state index in [-0.39, 0.29) is 0 Å². The Bertz CT molecular complexity index is 1590. The van der Waals surface area contributed by atoms with Crippen molar-refractivity contribution in [2.45, 2.75) is 19.8 Å². The van der Waals surface area contributed by atoms with Crippen molar-refractivity contribution in [2.75, 3.05) is 0 Å². The summed E-state index contributed by atoms with van der Waals surface area (Å²) in [5, 5.41) is 5.56. The largest absolute Gasteiger partial charge is 0.0757 e. The molecule has 0 bridgehead atoms. The molecule has 0 aliphatic heterocycles. The zero-order chi connectivity index (χ0) is 21.9. The maximum Gasteiger partial charge on any atom is -0.000753 e. The number of hydrogen-bond donors (Lipinski definition) is 0. The van der Waals surface area contributed by atoms with Crippen LogP contribution in [0.3, 0.4) is 0 Å². The molecule has 0 radical (unpaired) electrons. The third-order valence-electron chi connectivity index (χ3n) is 7.36. The highest BCUT2D eigenvalue weighted by Crippen LogP contribution is 2.53. The number of hydrogen-bond acceptors (Lipinski definition) is 0. The predicted octanol–water partition coefficient (Wildman–Crippen LogP) is 7.48. The standard InChI is InChI=1S/C33H24/c1-21-19-20-28-31-24(21)17-10-18-27(31)32-29(22-11-4-2-5-12-22)25-15-8-9-16-26(25)30(33(28)32)23-13-6-3-7-14-23/h2-7,10-20H,8-9H2,1H3. The molecule has 0 heteroatoms. The quantitative estimate of drug-likeness (QED) is 0.272. The molecule has 0 amide bonds. The summed E-state index contributed by atoms with van der Waals surface area (Å²) >= 11 is 0. The van der Waals surface area contributed by atoms with E-state index in [1.807, 2.05) is 0 Å². The van der Waals surface area contributed by atoms with Gasteiger partial charge in [0.1, 0.15) is 0 Å². The lowest BCUT2D eigenvalue weighted by Crippen LogP contribution is -2.32. The second-order valence-electron chi connectivity index (χ2n) is 9.20. The first kappa shape index (κ1) is 18.7. The number of aryl methyl sites for hydroxylation is 1. The van der Waals surface area contributed by atoms with Crippen molar-refractivity contribution in [3.8, 4) is 44.5 Å². The van der Waals surface area contributed by atoms with Crippen LogP contribution < -0.4 is 10.4 Å². The van der Waals surface area contributed by atoms with E-state index in [0.29, 0.717) is 0 Å². The van der Waals surface area contributed by atoms with Crippen molar-refractivity contribution < 1.29 is 0 Å². The fourth-order valence-electron chi connectivity index (χ4n) is 5.99. The van der Waals surface area contributed by atoms with Gasteiger partial charge in [0.15, 0.2) is 0 Å². The molecular weight excluding hydrogens is 396 g/mol. The number of benzene rings is 5. The Morgan fingerprint density at radius 2 is 1.03 bits per heavy atom. The van der Waals surface area contributed by atoms with Gasteiger partial charge < -0.3 is 0 Å². The number of fused-ring (bicyclic) bond motifs is 4. The zero-order valence-electron chi connectivity index (χ0n) is 18.7. The predicted molar refractivity (Wildman–Crippen MR) is 141 cm³/mol. The molecule has 0 spiro atoms. The van der Waals surface area contributed by atoms with Crippen LogP contribution >= 0.6 is 0 Å². The topological polar surface area (TPSA) is 0 Å². The molecule has 5 aromatic carbocycles. The van der Waals surface area contributed by atoms with Gasteiger partial charge in [0.05, 0.1) is 0 Å². The normalized spacial score (nSPS) is 13.2. The van der Waals surface area contributed by atoms with Crippen LogP contribution in [0.1, 0.15) is 18.4 Å². The maximum absolute atomic E-state index is 2.47. The van der Waals surface area contributed by atoms with Gasteiger partial charge in [-0.3, -0.25) is 0 Å². The minimum atomic E-state index is 1.09. The molecule has 0 heterocycles. The van der Waals surface area contributed by atoms with Gasteiger partial charge in [-0.15, -0.1) is 0 Å². The lowest BCUT2D eigenvalue weighted by atomic mass is 9.83. The van der Waals surface area contributed by atoms with Gasteiger partial charge in [-0.25, -0.2) is 0 Å². The molecule has 0 N–H and O–H groups in total. The van der Waals surface area contributed by atoms with Gasteiger partial charge in [-0.1, -0.05) is 103 Å². The van der Waals surface area contributed by atoms with E-state index in [4.69, 9.17) is 0 Å². The van der Waals surface area contributed by atoms with Crippen LogP contribution in [0, 0.1) is 6.92 Å². The average Bonchev–Trinajstić information content (AvgIpc) is 3.21. The molecule has 33 heavy (non-hydrogen) atoms. The van der Waals surface area contributed by atoms with E-state index < -0.39 is 0 Å². The van der Waals surface area contributed by atoms with Crippen molar-refractivity contribution in [1.82, 2.24) is 0 Å². The molecule has 7 rings (SSSR count). The molecule has 0 nitrogen and oxygen atoms in total. The second-order valence-corrected chi connectivity index (χ2v) is 9.20. The molecule has 5 aromatic rings. The van der Waals surface area contributed by atoms with Crippen molar-refractivity contribution >= 4 is 22.9 Å². The molecule has 2 aliphatic carbocycles. The van der Waals surface area contributed by atoms with Gasteiger partial charge in [-0.2, -0.15) is 0 Å². The maximum atomic E-state index is 2.47.